The molecule has 0 saturated carbocycles. The molecule has 0 aliphatic carbocycles. The summed E-state index contributed by atoms with van der Waals surface area (Å²) in [7, 11) is 0. The van der Waals surface area contributed by atoms with Gasteiger partial charge in [0.2, 0.25) is 0 Å². The maximum atomic E-state index is 12.0. The Hall–Kier alpha value is -3.26. The fraction of sp³-hybridized carbons (Fsp3) is 0.222. The molecule has 2 aromatic rings. The number of rotatable bonds is 5. The van der Waals surface area contributed by atoms with Gasteiger partial charge in [-0.25, -0.2) is 5.43 Å². The van der Waals surface area contributed by atoms with Gasteiger partial charge in [0, 0.05) is 36.5 Å². The maximum absolute atomic E-state index is 12.0. The molecule has 0 radical (unpaired) electrons. The number of non-ortho nitro benzene ring substituents is 1. The minimum atomic E-state index is -0.513. The Morgan fingerprint density at radius 1 is 1.12 bits per heavy atom. The van der Waals surface area contributed by atoms with Crippen LogP contribution in [-0.4, -0.2) is 43.3 Å². The van der Waals surface area contributed by atoms with Gasteiger partial charge in [0.15, 0.2) is 0 Å². The summed E-state index contributed by atoms with van der Waals surface area (Å²) in [6, 6.07) is 13.2. The Morgan fingerprint density at radius 2 is 1.77 bits per heavy atom. The summed E-state index contributed by atoms with van der Waals surface area (Å²) in [4.78, 5) is 24.3. The van der Waals surface area contributed by atoms with E-state index in [1.165, 1.54) is 24.3 Å². The number of nitrogens with one attached hydrogen (secondary N) is 1. The minimum Gasteiger partial charge on any atom is -0.378 e. The normalized spacial score (nSPS) is 14.4. The van der Waals surface area contributed by atoms with Gasteiger partial charge in [0.1, 0.15) is 0 Å². The van der Waals surface area contributed by atoms with Gasteiger partial charge in [-0.2, -0.15) is 5.10 Å². The molecule has 8 nitrogen and oxygen atoms in total. The van der Waals surface area contributed by atoms with Gasteiger partial charge in [-0.3, -0.25) is 14.9 Å². The quantitative estimate of drug-likeness (QED) is 0.504. The first-order chi connectivity index (χ1) is 12.6. The van der Waals surface area contributed by atoms with Crippen molar-refractivity contribution in [3.05, 3.63) is 69.8 Å². The number of nitro benzene ring substituents is 1. The van der Waals surface area contributed by atoms with E-state index in [4.69, 9.17) is 4.74 Å². The van der Waals surface area contributed by atoms with E-state index in [-0.39, 0.29) is 5.69 Å². The SMILES string of the molecule is O=C(NN=Cc1ccc(N2CCOCC2)cc1)c1ccc([N+](=O)[O-])cc1. The fourth-order valence-corrected chi connectivity index (χ4v) is 2.56. The topological polar surface area (TPSA) is 97.1 Å². The molecule has 1 heterocycles. The number of hydrogen-bond acceptors (Lipinski definition) is 6. The van der Waals surface area contributed by atoms with Crippen molar-refractivity contribution in [3.8, 4) is 0 Å². The first kappa shape index (κ1) is 17.6. The highest BCUT2D eigenvalue weighted by molar-refractivity contribution is 5.95. The van der Waals surface area contributed by atoms with Crippen molar-refractivity contribution < 1.29 is 14.5 Å². The lowest BCUT2D eigenvalue weighted by molar-refractivity contribution is -0.384. The molecule has 3 rings (SSSR count). The van der Waals surface area contributed by atoms with Crippen molar-refractivity contribution in [1.29, 1.82) is 0 Å². The molecule has 26 heavy (non-hydrogen) atoms. The van der Waals surface area contributed by atoms with Crippen molar-refractivity contribution in [2.24, 2.45) is 5.10 Å². The number of anilines is 1. The number of carbonyl (C=O) groups excluding carboxylic acids is 1. The van der Waals surface area contributed by atoms with E-state index in [9.17, 15) is 14.9 Å². The molecular formula is C18H18N4O4. The van der Waals surface area contributed by atoms with Crippen molar-refractivity contribution in [2.75, 3.05) is 31.2 Å². The number of morpholine rings is 1. The van der Waals surface area contributed by atoms with E-state index in [1.54, 1.807) is 6.21 Å². The molecule has 1 fully saturated rings. The van der Waals surface area contributed by atoms with Crippen LogP contribution in [0.2, 0.25) is 0 Å². The van der Waals surface area contributed by atoms with Crippen molar-refractivity contribution in [2.45, 2.75) is 0 Å². The number of ether oxygens (including phenoxy) is 1. The molecule has 134 valence electrons. The third-order valence-electron chi connectivity index (χ3n) is 3.99. The number of hydrazone groups is 1. The zero-order chi connectivity index (χ0) is 18.4. The molecule has 0 atom stereocenters. The maximum Gasteiger partial charge on any atom is 0.271 e. The van der Waals surface area contributed by atoms with Crippen molar-refractivity contribution in [1.82, 2.24) is 5.43 Å². The Labute approximate surface area is 150 Å². The van der Waals surface area contributed by atoms with E-state index in [0.29, 0.717) is 5.56 Å². The lowest BCUT2D eigenvalue weighted by atomic mass is 10.2. The second kappa shape index (κ2) is 8.21. The van der Waals surface area contributed by atoms with Gasteiger partial charge < -0.3 is 9.64 Å². The Kier molecular flexibility index (Phi) is 5.55. The highest BCUT2D eigenvalue weighted by Crippen LogP contribution is 2.16. The molecule has 0 unspecified atom stereocenters. The minimum absolute atomic E-state index is 0.0644. The zero-order valence-corrected chi connectivity index (χ0v) is 14.0. The third-order valence-corrected chi connectivity index (χ3v) is 3.99. The lowest BCUT2D eigenvalue weighted by Crippen LogP contribution is -2.36. The number of amides is 1. The Bertz CT molecular complexity index is 797. The van der Waals surface area contributed by atoms with Crippen LogP contribution in [0.25, 0.3) is 0 Å². The molecule has 8 heteroatoms. The van der Waals surface area contributed by atoms with Crippen LogP contribution < -0.4 is 10.3 Å². The van der Waals surface area contributed by atoms with Gasteiger partial charge >= 0.3 is 0 Å². The van der Waals surface area contributed by atoms with Crippen LogP contribution in [-0.2, 0) is 4.74 Å². The first-order valence-electron chi connectivity index (χ1n) is 8.14. The van der Waals surface area contributed by atoms with Crippen LogP contribution in [0.5, 0.6) is 0 Å². The number of benzene rings is 2. The van der Waals surface area contributed by atoms with E-state index in [1.807, 2.05) is 24.3 Å². The lowest BCUT2D eigenvalue weighted by Gasteiger charge is -2.28. The molecule has 2 aromatic carbocycles. The summed E-state index contributed by atoms with van der Waals surface area (Å²) in [5.74, 6) is -0.430. The Morgan fingerprint density at radius 3 is 2.38 bits per heavy atom. The number of nitrogens with zero attached hydrogens (tertiary/aromatic N) is 3. The van der Waals surface area contributed by atoms with Crippen molar-refractivity contribution in [3.63, 3.8) is 0 Å². The number of carbonyl (C=O) groups is 1. The summed E-state index contributed by atoms with van der Waals surface area (Å²) in [6.45, 7) is 3.22. The molecule has 0 aromatic heterocycles. The average Bonchev–Trinajstić information content (AvgIpc) is 2.69. The highest BCUT2D eigenvalue weighted by atomic mass is 16.6. The van der Waals surface area contributed by atoms with Gasteiger partial charge in [-0.15, -0.1) is 0 Å². The molecule has 1 amide bonds. The van der Waals surface area contributed by atoms with Crippen LogP contribution in [0.15, 0.2) is 53.6 Å². The van der Waals surface area contributed by atoms with E-state index in [0.717, 1.165) is 37.6 Å². The van der Waals surface area contributed by atoms with Gasteiger partial charge in [0.05, 0.1) is 24.4 Å². The summed E-state index contributed by atoms with van der Waals surface area (Å²) in [6.07, 6.45) is 1.55. The number of nitro groups is 1. The average molecular weight is 354 g/mol. The zero-order valence-electron chi connectivity index (χ0n) is 14.0. The standard InChI is InChI=1S/C18H18N4O4/c23-18(15-3-7-17(8-4-15)22(24)25)20-19-13-14-1-5-16(6-2-14)21-9-11-26-12-10-21/h1-8,13H,9-12H2,(H,20,23). The molecule has 0 spiro atoms. The molecular weight excluding hydrogens is 336 g/mol. The summed E-state index contributed by atoms with van der Waals surface area (Å²) >= 11 is 0. The molecule has 0 bridgehead atoms. The van der Waals surface area contributed by atoms with E-state index >= 15 is 0 Å². The predicted octanol–water partition coefficient (Wildman–Crippen LogP) is 2.20. The van der Waals surface area contributed by atoms with Gasteiger partial charge in [-0.05, 0) is 29.8 Å². The summed E-state index contributed by atoms with van der Waals surface area (Å²) in [5, 5.41) is 14.5. The summed E-state index contributed by atoms with van der Waals surface area (Å²) < 4.78 is 5.34. The largest absolute Gasteiger partial charge is 0.378 e. The second-order valence-electron chi connectivity index (χ2n) is 5.69. The first-order valence-corrected chi connectivity index (χ1v) is 8.14. The smallest absolute Gasteiger partial charge is 0.271 e. The van der Waals surface area contributed by atoms with Crippen molar-refractivity contribution >= 4 is 23.5 Å². The van der Waals surface area contributed by atoms with E-state index in [2.05, 4.69) is 15.4 Å². The van der Waals surface area contributed by atoms with E-state index < -0.39 is 10.8 Å². The molecule has 1 aliphatic rings. The Balaban J connectivity index is 1.55. The number of hydrogen-bond donors (Lipinski definition) is 1. The fourth-order valence-electron chi connectivity index (χ4n) is 2.56. The van der Waals surface area contributed by atoms with Gasteiger partial charge in [-0.1, -0.05) is 12.1 Å². The van der Waals surface area contributed by atoms with Gasteiger partial charge in [0.25, 0.3) is 11.6 Å². The monoisotopic (exact) mass is 354 g/mol. The van der Waals surface area contributed by atoms with Crippen LogP contribution in [0.4, 0.5) is 11.4 Å². The summed E-state index contributed by atoms with van der Waals surface area (Å²) in [5.41, 5.74) is 4.62. The predicted molar refractivity (Wildman–Crippen MR) is 97.6 cm³/mol. The van der Waals surface area contributed by atoms with Crippen LogP contribution in [0.1, 0.15) is 15.9 Å². The second-order valence-corrected chi connectivity index (χ2v) is 5.69. The molecule has 1 N–H and O–H groups in total. The third kappa shape index (κ3) is 4.42. The van der Waals surface area contributed by atoms with Crippen LogP contribution in [0.3, 0.4) is 0 Å². The van der Waals surface area contributed by atoms with Crippen LogP contribution >= 0.6 is 0 Å². The molecule has 1 saturated heterocycles. The molecule has 1 aliphatic heterocycles. The highest BCUT2D eigenvalue weighted by Gasteiger charge is 2.11. The van der Waals surface area contributed by atoms with Crippen LogP contribution in [0, 0.1) is 10.1 Å².